The molecule has 24 heavy (non-hydrogen) atoms. The molecular formula is C18H15FN2O3. The zero-order valence-electron chi connectivity index (χ0n) is 12.7. The predicted octanol–water partition coefficient (Wildman–Crippen LogP) is 2.78. The van der Waals surface area contributed by atoms with E-state index in [9.17, 15) is 14.0 Å². The summed E-state index contributed by atoms with van der Waals surface area (Å²) in [5.74, 6) is -1.37. The zero-order valence-corrected chi connectivity index (χ0v) is 12.7. The summed E-state index contributed by atoms with van der Waals surface area (Å²) in [5.41, 5.74) is 1.77. The molecule has 0 unspecified atom stereocenters. The lowest BCUT2D eigenvalue weighted by atomic mass is 10.2. The average Bonchev–Trinajstić information content (AvgIpc) is 3.02. The second kappa shape index (κ2) is 6.95. The number of fused-ring (bicyclic) bond motifs is 1. The Morgan fingerprint density at radius 1 is 1.08 bits per heavy atom. The lowest BCUT2D eigenvalue weighted by Gasteiger charge is -2.06. The number of amides is 1. The number of aromatic nitrogens is 1. The minimum absolute atomic E-state index is 0.154. The minimum Gasteiger partial charge on any atom is -0.460 e. The van der Waals surface area contributed by atoms with E-state index in [4.69, 9.17) is 4.74 Å². The maximum absolute atomic E-state index is 13.1. The van der Waals surface area contributed by atoms with Crippen molar-refractivity contribution in [1.29, 1.82) is 0 Å². The molecule has 0 radical (unpaired) electrons. The van der Waals surface area contributed by atoms with Crippen LogP contribution in [0.4, 0.5) is 4.39 Å². The standard InChI is InChI=1S/C18H15FN2O3/c19-14-6-7-15-13(8-14)9-16(21-15)18(23)20-10-17(22)24-11-12-4-2-1-3-5-12/h1-9,21H,10-11H2,(H,20,23). The lowest BCUT2D eigenvalue weighted by Crippen LogP contribution is -2.30. The zero-order chi connectivity index (χ0) is 16.9. The lowest BCUT2D eigenvalue weighted by molar-refractivity contribution is -0.143. The molecule has 0 fully saturated rings. The van der Waals surface area contributed by atoms with Crippen molar-refractivity contribution in [2.75, 3.05) is 6.54 Å². The van der Waals surface area contributed by atoms with Crippen LogP contribution in [0.3, 0.4) is 0 Å². The van der Waals surface area contributed by atoms with E-state index in [-0.39, 0.29) is 24.7 Å². The highest BCUT2D eigenvalue weighted by atomic mass is 19.1. The number of aromatic amines is 1. The van der Waals surface area contributed by atoms with E-state index in [2.05, 4.69) is 10.3 Å². The molecule has 3 rings (SSSR count). The third-order valence-electron chi connectivity index (χ3n) is 3.46. The number of hydrogen-bond donors (Lipinski definition) is 2. The van der Waals surface area contributed by atoms with E-state index in [0.717, 1.165) is 5.56 Å². The van der Waals surface area contributed by atoms with Crippen molar-refractivity contribution in [2.24, 2.45) is 0 Å². The quantitative estimate of drug-likeness (QED) is 0.708. The van der Waals surface area contributed by atoms with Crippen molar-refractivity contribution in [1.82, 2.24) is 10.3 Å². The van der Waals surface area contributed by atoms with Gasteiger partial charge < -0.3 is 15.0 Å². The predicted molar refractivity (Wildman–Crippen MR) is 86.8 cm³/mol. The Morgan fingerprint density at radius 2 is 1.88 bits per heavy atom. The average molecular weight is 326 g/mol. The number of halogens is 1. The largest absolute Gasteiger partial charge is 0.460 e. The van der Waals surface area contributed by atoms with Crippen LogP contribution in [0.5, 0.6) is 0 Å². The highest BCUT2D eigenvalue weighted by Crippen LogP contribution is 2.16. The molecule has 0 aliphatic heterocycles. The van der Waals surface area contributed by atoms with Gasteiger partial charge in [0.05, 0.1) is 0 Å². The summed E-state index contributed by atoms with van der Waals surface area (Å²) < 4.78 is 18.2. The molecule has 1 amide bonds. The minimum atomic E-state index is -0.533. The fourth-order valence-corrected chi connectivity index (χ4v) is 2.26. The summed E-state index contributed by atoms with van der Waals surface area (Å²) >= 11 is 0. The van der Waals surface area contributed by atoms with E-state index in [1.807, 2.05) is 30.3 Å². The molecule has 1 heterocycles. The maximum Gasteiger partial charge on any atom is 0.325 e. The van der Waals surface area contributed by atoms with Crippen molar-refractivity contribution in [3.63, 3.8) is 0 Å². The summed E-state index contributed by atoms with van der Waals surface area (Å²) in [4.78, 5) is 26.6. The van der Waals surface area contributed by atoms with Gasteiger partial charge in [-0.05, 0) is 29.8 Å². The molecule has 0 aliphatic rings. The number of esters is 1. The second-order valence-electron chi connectivity index (χ2n) is 5.24. The number of carbonyl (C=O) groups excluding carboxylic acids is 2. The fourth-order valence-electron chi connectivity index (χ4n) is 2.26. The first-order valence-electron chi connectivity index (χ1n) is 7.38. The van der Waals surface area contributed by atoms with Crippen molar-refractivity contribution in [3.05, 3.63) is 71.7 Å². The Hall–Kier alpha value is -3.15. The molecule has 5 nitrogen and oxygen atoms in total. The van der Waals surface area contributed by atoms with E-state index in [1.165, 1.54) is 18.2 Å². The number of H-pyrrole nitrogens is 1. The molecule has 2 N–H and O–H groups in total. The molecule has 0 saturated heterocycles. The van der Waals surface area contributed by atoms with Gasteiger partial charge in [-0.25, -0.2) is 4.39 Å². The summed E-state index contributed by atoms with van der Waals surface area (Å²) in [6.07, 6.45) is 0. The molecule has 6 heteroatoms. The topological polar surface area (TPSA) is 71.2 Å². The van der Waals surface area contributed by atoms with Crippen LogP contribution in [0.25, 0.3) is 10.9 Å². The number of nitrogens with one attached hydrogen (secondary N) is 2. The van der Waals surface area contributed by atoms with Gasteiger partial charge in [0.25, 0.3) is 5.91 Å². The first-order chi connectivity index (χ1) is 11.6. The monoisotopic (exact) mass is 326 g/mol. The molecule has 0 saturated carbocycles. The van der Waals surface area contributed by atoms with Crippen LogP contribution in [-0.2, 0) is 16.1 Å². The highest BCUT2D eigenvalue weighted by molar-refractivity contribution is 5.99. The van der Waals surface area contributed by atoms with Crippen LogP contribution < -0.4 is 5.32 Å². The molecule has 3 aromatic rings. The first-order valence-corrected chi connectivity index (χ1v) is 7.38. The van der Waals surface area contributed by atoms with Gasteiger partial charge in [0, 0.05) is 10.9 Å². The molecule has 0 spiro atoms. The van der Waals surface area contributed by atoms with Crippen LogP contribution >= 0.6 is 0 Å². The van der Waals surface area contributed by atoms with Crippen LogP contribution in [0.15, 0.2) is 54.6 Å². The number of benzene rings is 2. The first kappa shape index (κ1) is 15.7. The van der Waals surface area contributed by atoms with E-state index in [0.29, 0.717) is 10.9 Å². The third kappa shape index (κ3) is 3.78. The molecule has 0 bridgehead atoms. The van der Waals surface area contributed by atoms with E-state index >= 15 is 0 Å². The molecule has 0 atom stereocenters. The summed E-state index contributed by atoms with van der Waals surface area (Å²) in [5, 5.41) is 3.06. The van der Waals surface area contributed by atoms with Crippen molar-refractivity contribution >= 4 is 22.8 Å². The Balaban J connectivity index is 1.53. The molecular weight excluding hydrogens is 311 g/mol. The van der Waals surface area contributed by atoms with Crippen LogP contribution in [0.1, 0.15) is 16.1 Å². The van der Waals surface area contributed by atoms with Gasteiger partial charge in [0.15, 0.2) is 0 Å². The smallest absolute Gasteiger partial charge is 0.325 e. The Kier molecular flexibility index (Phi) is 4.56. The van der Waals surface area contributed by atoms with E-state index in [1.54, 1.807) is 6.07 Å². The maximum atomic E-state index is 13.1. The van der Waals surface area contributed by atoms with Gasteiger partial charge in [-0.1, -0.05) is 30.3 Å². The number of rotatable bonds is 5. The van der Waals surface area contributed by atoms with Crippen molar-refractivity contribution in [3.8, 4) is 0 Å². The summed E-state index contributed by atoms with van der Waals surface area (Å²) in [6.45, 7) is -0.0867. The van der Waals surface area contributed by atoms with Gasteiger partial charge >= 0.3 is 5.97 Å². The Morgan fingerprint density at radius 3 is 2.67 bits per heavy atom. The van der Waals surface area contributed by atoms with E-state index < -0.39 is 11.9 Å². The van der Waals surface area contributed by atoms with Gasteiger partial charge in [0.1, 0.15) is 24.7 Å². The molecule has 1 aromatic heterocycles. The van der Waals surface area contributed by atoms with Crippen LogP contribution in [0, 0.1) is 5.82 Å². The second-order valence-corrected chi connectivity index (χ2v) is 5.24. The highest BCUT2D eigenvalue weighted by Gasteiger charge is 2.12. The fraction of sp³-hybridized carbons (Fsp3) is 0.111. The molecule has 2 aromatic carbocycles. The van der Waals surface area contributed by atoms with Crippen LogP contribution in [-0.4, -0.2) is 23.4 Å². The number of hydrogen-bond acceptors (Lipinski definition) is 3. The third-order valence-corrected chi connectivity index (χ3v) is 3.46. The van der Waals surface area contributed by atoms with Crippen molar-refractivity contribution in [2.45, 2.75) is 6.61 Å². The molecule has 0 aliphatic carbocycles. The van der Waals surface area contributed by atoms with Crippen molar-refractivity contribution < 1.29 is 18.7 Å². The van der Waals surface area contributed by atoms with Gasteiger partial charge in [-0.15, -0.1) is 0 Å². The SMILES string of the molecule is O=C(CNC(=O)c1cc2cc(F)ccc2[nH]1)OCc1ccccc1. The molecule has 122 valence electrons. The van der Waals surface area contributed by atoms with Gasteiger partial charge in [0.2, 0.25) is 0 Å². The Labute approximate surface area is 137 Å². The normalized spacial score (nSPS) is 10.5. The number of ether oxygens (including phenoxy) is 1. The van der Waals surface area contributed by atoms with Gasteiger partial charge in [-0.3, -0.25) is 9.59 Å². The van der Waals surface area contributed by atoms with Gasteiger partial charge in [-0.2, -0.15) is 0 Å². The summed E-state index contributed by atoms with van der Waals surface area (Å²) in [7, 11) is 0. The Bertz CT molecular complexity index is 874. The van der Waals surface area contributed by atoms with Crippen LogP contribution in [0.2, 0.25) is 0 Å². The number of carbonyl (C=O) groups is 2. The summed E-state index contributed by atoms with van der Waals surface area (Å²) in [6, 6.07) is 15.0.